The number of nitrogens with one attached hydrogen (secondary N) is 1. The Balaban J connectivity index is 2.00. The minimum atomic E-state index is -4.17. The Morgan fingerprint density at radius 3 is 2.47 bits per heavy atom. The number of carbonyl (C=O) groups is 1. The molecule has 0 aliphatic rings. The van der Waals surface area contributed by atoms with Crippen molar-refractivity contribution in [2.45, 2.75) is 65.3 Å². The van der Waals surface area contributed by atoms with Crippen molar-refractivity contribution in [1.29, 1.82) is 0 Å². The predicted octanol–water partition coefficient (Wildman–Crippen LogP) is 4.54. The molecule has 0 aliphatic carbocycles. The number of hydrogen-bond acceptors (Lipinski definition) is 6. The third kappa shape index (κ3) is 5.92. The summed E-state index contributed by atoms with van der Waals surface area (Å²) in [5.41, 5.74) is 3.03. The van der Waals surface area contributed by atoms with Crippen molar-refractivity contribution in [2.75, 3.05) is 7.11 Å². The van der Waals surface area contributed by atoms with E-state index in [-0.39, 0.29) is 23.2 Å². The van der Waals surface area contributed by atoms with Gasteiger partial charge in [0, 0.05) is 18.8 Å². The van der Waals surface area contributed by atoms with Crippen molar-refractivity contribution in [2.24, 2.45) is 5.92 Å². The number of nitrogens with zero attached hydrogens (tertiary/aromatic N) is 3. The third-order valence-corrected chi connectivity index (χ3v) is 7.46. The first-order valence-corrected chi connectivity index (χ1v) is 13.2. The van der Waals surface area contributed by atoms with Gasteiger partial charge in [-0.05, 0) is 66.1 Å². The van der Waals surface area contributed by atoms with Gasteiger partial charge < -0.3 is 4.74 Å². The molecule has 1 amide bonds. The molecule has 0 bridgehead atoms. The van der Waals surface area contributed by atoms with Crippen molar-refractivity contribution >= 4 is 15.9 Å². The number of sulfonamides is 1. The number of halogens is 1. The van der Waals surface area contributed by atoms with E-state index in [0.29, 0.717) is 46.1 Å². The Morgan fingerprint density at radius 2 is 1.86 bits per heavy atom. The van der Waals surface area contributed by atoms with Crippen LogP contribution in [-0.2, 0) is 27.8 Å². The molecule has 0 atom stereocenters. The summed E-state index contributed by atoms with van der Waals surface area (Å²) in [5.74, 6) is -0.677. The minimum absolute atomic E-state index is 0.00113. The summed E-state index contributed by atoms with van der Waals surface area (Å²) >= 11 is 0. The molecule has 0 spiro atoms. The molecule has 0 radical (unpaired) electrons. The van der Waals surface area contributed by atoms with Gasteiger partial charge in [-0.3, -0.25) is 9.48 Å². The summed E-state index contributed by atoms with van der Waals surface area (Å²) in [4.78, 5) is 17.2. The second kappa shape index (κ2) is 10.8. The fourth-order valence-corrected chi connectivity index (χ4v) is 5.70. The SMILES string of the molecule is COc1cc(-c2cc(F)cc(C(C)C)c2CC(=O)NS(=O)(=O)c2c(C)nn(CC(C)C)c2C)ccn1. The number of amides is 1. The number of ether oxygens (including phenoxy) is 1. The van der Waals surface area contributed by atoms with Crippen LogP contribution in [0.3, 0.4) is 0 Å². The molecule has 0 fully saturated rings. The maximum atomic E-state index is 14.6. The number of methoxy groups -OCH3 is 1. The zero-order chi connectivity index (χ0) is 26.8. The van der Waals surface area contributed by atoms with Crippen LogP contribution in [0.5, 0.6) is 5.88 Å². The van der Waals surface area contributed by atoms with E-state index in [1.807, 2.05) is 27.7 Å². The molecule has 36 heavy (non-hydrogen) atoms. The van der Waals surface area contributed by atoms with E-state index < -0.39 is 21.7 Å². The molecule has 10 heteroatoms. The van der Waals surface area contributed by atoms with E-state index in [2.05, 4.69) is 14.8 Å². The number of pyridine rings is 1. The summed E-state index contributed by atoms with van der Waals surface area (Å²) in [6, 6.07) is 6.05. The Kier molecular flexibility index (Phi) is 8.18. The molecule has 0 saturated heterocycles. The van der Waals surface area contributed by atoms with Crippen LogP contribution in [0.15, 0.2) is 35.4 Å². The highest BCUT2D eigenvalue weighted by atomic mass is 32.2. The average Bonchev–Trinajstić information content (AvgIpc) is 3.06. The molecule has 1 N–H and O–H groups in total. The van der Waals surface area contributed by atoms with Crippen molar-refractivity contribution < 1.29 is 22.3 Å². The second-order valence-corrected chi connectivity index (χ2v) is 11.2. The van der Waals surface area contributed by atoms with Gasteiger partial charge in [-0.15, -0.1) is 0 Å². The van der Waals surface area contributed by atoms with Crippen LogP contribution in [0.2, 0.25) is 0 Å². The van der Waals surface area contributed by atoms with Crippen LogP contribution in [0.4, 0.5) is 4.39 Å². The summed E-state index contributed by atoms with van der Waals surface area (Å²) in [6.07, 6.45) is 1.27. The highest BCUT2D eigenvalue weighted by Gasteiger charge is 2.28. The third-order valence-electron chi connectivity index (χ3n) is 5.83. The molecular formula is C26H33FN4O4S. The molecular weight excluding hydrogens is 483 g/mol. The molecule has 3 rings (SSSR count). The van der Waals surface area contributed by atoms with Gasteiger partial charge in [0.15, 0.2) is 0 Å². The van der Waals surface area contributed by atoms with Gasteiger partial charge in [-0.25, -0.2) is 22.5 Å². The van der Waals surface area contributed by atoms with Crippen molar-refractivity contribution in [3.8, 4) is 17.0 Å². The average molecular weight is 517 g/mol. The lowest BCUT2D eigenvalue weighted by molar-refractivity contribution is -0.118. The topological polar surface area (TPSA) is 103 Å². The van der Waals surface area contributed by atoms with Crippen LogP contribution in [0.25, 0.3) is 11.1 Å². The Labute approximate surface area is 212 Å². The van der Waals surface area contributed by atoms with Crippen LogP contribution in [0.1, 0.15) is 56.1 Å². The predicted molar refractivity (Wildman–Crippen MR) is 136 cm³/mol. The molecule has 0 unspecified atom stereocenters. The van der Waals surface area contributed by atoms with Crippen molar-refractivity contribution in [1.82, 2.24) is 19.5 Å². The standard InChI is InChI=1S/C26H33FN4O4S/c1-15(2)14-31-18(6)26(17(5)29-31)36(33,34)30-24(32)13-23-21(16(3)4)11-20(27)12-22(23)19-8-9-28-25(10-19)35-7/h8-12,15-16H,13-14H2,1-7H3,(H,30,32). The highest BCUT2D eigenvalue weighted by Crippen LogP contribution is 2.33. The van der Waals surface area contributed by atoms with Gasteiger partial charge in [-0.1, -0.05) is 27.7 Å². The molecule has 194 valence electrons. The Hall–Kier alpha value is -3.27. The zero-order valence-corrected chi connectivity index (χ0v) is 22.5. The number of aromatic nitrogens is 3. The van der Waals surface area contributed by atoms with Gasteiger partial charge in [0.25, 0.3) is 10.0 Å². The number of carbonyl (C=O) groups excluding carboxylic acids is 1. The maximum absolute atomic E-state index is 14.6. The summed E-state index contributed by atoms with van der Waals surface area (Å²) < 4.78 is 50.1. The lowest BCUT2D eigenvalue weighted by atomic mass is 9.88. The summed E-state index contributed by atoms with van der Waals surface area (Å²) in [6.45, 7) is 11.6. The van der Waals surface area contributed by atoms with Gasteiger partial charge >= 0.3 is 0 Å². The molecule has 2 aromatic heterocycles. The first-order valence-electron chi connectivity index (χ1n) is 11.8. The second-order valence-electron chi connectivity index (χ2n) is 9.54. The van der Waals surface area contributed by atoms with E-state index in [1.165, 1.54) is 25.4 Å². The molecule has 8 nitrogen and oxygen atoms in total. The van der Waals surface area contributed by atoms with E-state index in [1.54, 1.807) is 30.7 Å². The van der Waals surface area contributed by atoms with E-state index in [9.17, 15) is 17.6 Å². The highest BCUT2D eigenvalue weighted by molar-refractivity contribution is 7.90. The number of rotatable bonds is 9. The maximum Gasteiger partial charge on any atom is 0.267 e. The number of hydrogen-bond donors (Lipinski definition) is 1. The van der Waals surface area contributed by atoms with E-state index in [0.717, 1.165) is 0 Å². The van der Waals surface area contributed by atoms with Gasteiger partial charge in [-0.2, -0.15) is 5.10 Å². The van der Waals surface area contributed by atoms with Crippen molar-refractivity contribution in [3.05, 3.63) is 58.8 Å². The largest absolute Gasteiger partial charge is 0.481 e. The monoisotopic (exact) mass is 516 g/mol. The normalized spacial score (nSPS) is 11.8. The molecule has 3 aromatic rings. The smallest absolute Gasteiger partial charge is 0.267 e. The fourth-order valence-electron chi connectivity index (χ4n) is 4.31. The lowest BCUT2D eigenvalue weighted by Gasteiger charge is -2.18. The van der Waals surface area contributed by atoms with Crippen LogP contribution < -0.4 is 9.46 Å². The Bertz CT molecular complexity index is 1380. The van der Waals surface area contributed by atoms with Crippen LogP contribution in [0, 0.1) is 25.6 Å². The number of aryl methyl sites for hydroxylation is 1. The van der Waals surface area contributed by atoms with Gasteiger partial charge in [0.1, 0.15) is 10.7 Å². The van der Waals surface area contributed by atoms with E-state index in [4.69, 9.17) is 4.74 Å². The summed E-state index contributed by atoms with van der Waals surface area (Å²) in [5, 5.41) is 4.35. The minimum Gasteiger partial charge on any atom is -0.481 e. The number of benzene rings is 1. The first-order chi connectivity index (χ1) is 16.8. The van der Waals surface area contributed by atoms with Crippen LogP contribution in [-0.4, -0.2) is 36.2 Å². The fraction of sp³-hybridized carbons (Fsp3) is 0.423. The molecule has 1 aromatic carbocycles. The Morgan fingerprint density at radius 1 is 1.17 bits per heavy atom. The van der Waals surface area contributed by atoms with Gasteiger partial charge in [0.05, 0.1) is 24.9 Å². The first kappa shape index (κ1) is 27.3. The van der Waals surface area contributed by atoms with Gasteiger partial charge in [0.2, 0.25) is 11.8 Å². The molecule has 0 saturated carbocycles. The van der Waals surface area contributed by atoms with Crippen molar-refractivity contribution in [3.63, 3.8) is 0 Å². The summed E-state index contributed by atoms with van der Waals surface area (Å²) in [7, 11) is -2.70. The zero-order valence-electron chi connectivity index (χ0n) is 21.7. The lowest BCUT2D eigenvalue weighted by Crippen LogP contribution is -2.33. The molecule has 0 aliphatic heterocycles. The van der Waals surface area contributed by atoms with Crippen LogP contribution >= 0.6 is 0 Å². The quantitative estimate of drug-likeness (QED) is 0.448. The van der Waals surface area contributed by atoms with E-state index >= 15 is 0 Å². The molecule has 2 heterocycles.